The molecule has 96 valence electrons. The van der Waals surface area contributed by atoms with Gasteiger partial charge in [-0.1, -0.05) is 18.0 Å². The molecular weight excluding hydrogens is 234 g/mol. The van der Waals surface area contributed by atoms with Crippen molar-refractivity contribution in [2.24, 2.45) is 5.92 Å². The monoisotopic (exact) mass is 255 g/mol. The van der Waals surface area contributed by atoms with E-state index in [0.717, 1.165) is 29.8 Å². The van der Waals surface area contributed by atoms with Gasteiger partial charge in [-0.15, -0.1) is 0 Å². The molecule has 17 heavy (non-hydrogen) atoms. The number of nitrogens with one attached hydrogen (secondary N) is 1. The van der Waals surface area contributed by atoms with Gasteiger partial charge in [0.2, 0.25) is 5.89 Å². The van der Waals surface area contributed by atoms with Gasteiger partial charge in [0.1, 0.15) is 0 Å². The van der Waals surface area contributed by atoms with Gasteiger partial charge in [-0.05, 0) is 32.1 Å². The summed E-state index contributed by atoms with van der Waals surface area (Å²) < 4.78 is 5.29. The molecule has 1 unspecified atom stereocenters. The average Bonchev–Trinajstić information content (AvgIpc) is 2.97. The largest absolute Gasteiger partial charge is 0.339 e. The van der Waals surface area contributed by atoms with Crippen LogP contribution < -0.4 is 5.32 Å². The Morgan fingerprint density at radius 2 is 2.24 bits per heavy atom. The van der Waals surface area contributed by atoms with Crippen molar-refractivity contribution in [3.05, 3.63) is 11.7 Å². The van der Waals surface area contributed by atoms with Crippen molar-refractivity contribution in [2.45, 2.75) is 43.9 Å². The third-order valence-corrected chi connectivity index (χ3v) is 4.06. The predicted molar refractivity (Wildman–Crippen MR) is 70.0 cm³/mol. The second kappa shape index (κ2) is 6.40. The van der Waals surface area contributed by atoms with Crippen molar-refractivity contribution >= 4 is 11.8 Å². The molecule has 1 aromatic rings. The molecule has 0 spiro atoms. The Bertz CT molecular complexity index is 336. The maximum Gasteiger partial charge on any atom is 0.228 e. The molecule has 1 fully saturated rings. The van der Waals surface area contributed by atoms with Crippen LogP contribution in [-0.2, 0) is 12.2 Å². The van der Waals surface area contributed by atoms with Gasteiger partial charge in [-0.25, -0.2) is 0 Å². The highest BCUT2D eigenvalue weighted by atomic mass is 32.2. The SMILES string of the molecule is CNC(Cc1nc(CSC)no1)C1CCCC1. The van der Waals surface area contributed by atoms with Crippen LogP contribution in [0.2, 0.25) is 0 Å². The maximum atomic E-state index is 5.29. The van der Waals surface area contributed by atoms with Crippen LogP contribution in [0.25, 0.3) is 0 Å². The highest BCUT2D eigenvalue weighted by molar-refractivity contribution is 7.97. The number of hydrogen-bond donors (Lipinski definition) is 1. The number of likely N-dealkylation sites (N-methyl/N-ethyl adjacent to an activating group) is 1. The lowest BCUT2D eigenvalue weighted by Gasteiger charge is -2.20. The standard InChI is InChI=1S/C12H21N3OS/c1-13-10(9-5-3-4-6-9)7-12-14-11(8-17-2)15-16-12/h9-10,13H,3-8H2,1-2H3. The fourth-order valence-electron chi connectivity index (χ4n) is 2.61. The van der Waals surface area contributed by atoms with E-state index in [-0.39, 0.29) is 0 Å². The minimum Gasteiger partial charge on any atom is -0.339 e. The quantitative estimate of drug-likeness (QED) is 0.845. The zero-order chi connectivity index (χ0) is 12.1. The molecule has 0 saturated heterocycles. The summed E-state index contributed by atoms with van der Waals surface area (Å²) in [6.45, 7) is 0. The summed E-state index contributed by atoms with van der Waals surface area (Å²) in [6, 6.07) is 0.486. The first-order chi connectivity index (χ1) is 8.33. The highest BCUT2D eigenvalue weighted by Crippen LogP contribution is 2.28. The number of hydrogen-bond acceptors (Lipinski definition) is 5. The summed E-state index contributed by atoms with van der Waals surface area (Å²) >= 11 is 1.72. The molecule has 1 aliphatic rings. The summed E-state index contributed by atoms with van der Waals surface area (Å²) in [7, 11) is 2.03. The van der Waals surface area contributed by atoms with E-state index in [4.69, 9.17) is 4.52 Å². The molecular formula is C12H21N3OS. The Balaban J connectivity index is 1.92. The first kappa shape index (κ1) is 12.9. The van der Waals surface area contributed by atoms with E-state index in [0.29, 0.717) is 6.04 Å². The molecule has 0 bridgehead atoms. The lowest BCUT2D eigenvalue weighted by molar-refractivity contribution is 0.317. The second-order valence-electron chi connectivity index (χ2n) is 4.68. The van der Waals surface area contributed by atoms with Crippen LogP contribution >= 0.6 is 11.8 Å². The van der Waals surface area contributed by atoms with Gasteiger partial charge >= 0.3 is 0 Å². The molecule has 2 rings (SSSR count). The van der Waals surface area contributed by atoms with Crippen molar-refractivity contribution in [1.29, 1.82) is 0 Å². The fraction of sp³-hybridized carbons (Fsp3) is 0.833. The molecule has 0 radical (unpaired) electrons. The summed E-state index contributed by atoms with van der Waals surface area (Å²) in [6.07, 6.45) is 8.30. The van der Waals surface area contributed by atoms with E-state index in [1.807, 2.05) is 13.3 Å². The van der Waals surface area contributed by atoms with Gasteiger partial charge in [0.15, 0.2) is 5.82 Å². The van der Waals surface area contributed by atoms with Crippen molar-refractivity contribution in [1.82, 2.24) is 15.5 Å². The van der Waals surface area contributed by atoms with Gasteiger partial charge in [0.05, 0.1) is 5.75 Å². The van der Waals surface area contributed by atoms with E-state index < -0.39 is 0 Å². The number of rotatable bonds is 6. The first-order valence-corrected chi connectivity index (χ1v) is 7.70. The van der Waals surface area contributed by atoms with Crippen LogP contribution in [0.3, 0.4) is 0 Å². The third kappa shape index (κ3) is 3.45. The van der Waals surface area contributed by atoms with E-state index in [9.17, 15) is 0 Å². The van der Waals surface area contributed by atoms with Crippen molar-refractivity contribution in [3.63, 3.8) is 0 Å². The van der Waals surface area contributed by atoms with Crippen LogP contribution in [0.4, 0.5) is 0 Å². The maximum absolute atomic E-state index is 5.29. The normalized spacial score (nSPS) is 18.7. The van der Waals surface area contributed by atoms with E-state index >= 15 is 0 Å². The zero-order valence-corrected chi connectivity index (χ0v) is 11.4. The number of aromatic nitrogens is 2. The molecule has 0 aromatic carbocycles. The Hall–Kier alpha value is -0.550. The Morgan fingerprint density at radius 3 is 2.88 bits per heavy atom. The van der Waals surface area contributed by atoms with Crippen LogP contribution in [0.5, 0.6) is 0 Å². The Labute approximate surface area is 107 Å². The second-order valence-corrected chi connectivity index (χ2v) is 5.55. The van der Waals surface area contributed by atoms with Gasteiger partial charge in [-0.3, -0.25) is 0 Å². The van der Waals surface area contributed by atoms with E-state index in [2.05, 4.69) is 15.5 Å². The molecule has 1 aliphatic carbocycles. The molecule has 4 nitrogen and oxygen atoms in total. The summed E-state index contributed by atoms with van der Waals surface area (Å²) in [5, 5.41) is 7.39. The first-order valence-electron chi connectivity index (χ1n) is 6.31. The molecule has 1 saturated carbocycles. The van der Waals surface area contributed by atoms with Gasteiger partial charge < -0.3 is 9.84 Å². The summed E-state index contributed by atoms with van der Waals surface area (Å²) in [4.78, 5) is 4.42. The van der Waals surface area contributed by atoms with Crippen LogP contribution in [-0.4, -0.2) is 29.5 Å². The average molecular weight is 255 g/mol. The molecule has 0 aliphatic heterocycles. The molecule has 0 amide bonds. The molecule has 1 aromatic heterocycles. The van der Waals surface area contributed by atoms with Crippen LogP contribution in [0.15, 0.2) is 4.52 Å². The Morgan fingerprint density at radius 1 is 1.47 bits per heavy atom. The molecule has 5 heteroatoms. The van der Waals surface area contributed by atoms with Crippen molar-refractivity contribution in [2.75, 3.05) is 13.3 Å². The molecule has 1 heterocycles. The minimum atomic E-state index is 0.486. The number of thioether (sulfide) groups is 1. The van der Waals surface area contributed by atoms with Crippen molar-refractivity contribution in [3.8, 4) is 0 Å². The predicted octanol–water partition coefficient (Wildman–Crippen LogP) is 2.25. The lowest BCUT2D eigenvalue weighted by atomic mass is 9.95. The van der Waals surface area contributed by atoms with Gasteiger partial charge in [0, 0.05) is 12.5 Å². The topological polar surface area (TPSA) is 51.0 Å². The van der Waals surface area contributed by atoms with Crippen molar-refractivity contribution < 1.29 is 4.52 Å². The Kier molecular flexibility index (Phi) is 4.86. The number of nitrogens with zero attached hydrogens (tertiary/aromatic N) is 2. The van der Waals surface area contributed by atoms with Gasteiger partial charge in [0.25, 0.3) is 0 Å². The van der Waals surface area contributed by atoms with Gasteiger partial charge in [-0.2, -0.15) is 16.7 Å². The molecule has 1 atom stereocenters. The summed E-state index contributed by atoms with van der Waals surface area (Å²) in [5.74, 6) is 3.20. The minimum absolute atomic E-state index is 0.486. The fourth-order valence-corrected chi connectivity index (χ4v) is 2.99. The van der Waals surface area contributed by atoms with E-state index in [1.165, 1.54) is 25.7 Å². The molecule has 1 N–H and O–H groups in total. The lowest BCUT2D eigenvalue weighted by Crippen LogP contribution is -2.34. The van der Waals surface area contributed by atoms with E-state index in [1.54, 1.807) is 11.8 Å². The summed E-state index contributed by atoms with van der Waals surface area (Å²) in [5.41, 5.74) is 0. The van der Waals surface area contributed by atoms with Crippen LogP contribution in [0.1, 0.15) is 37.4 Å². The smallest absolute Gasteiger partial charge is 0.228 e. The van der Waals surface area contributed by atoms with Crippen LogP contribution in [0, 0.1) is 5.92 Å². The highest BCUT2D eigenvalue weighted by Gasteiger charge is 2.25. The third-order valence-electron chi connectivity index (χ3n) is 3.52. The zero-order valence-electron chi connectivity index (χ0n) is 10.6.